The molecular formula is C13H20BrN. The predicted molar refractivity (Wildman–Crippen MR) is 60.9 cm³/mol. The van der Waals surface area contributed by atoms with Crippen LogP contribution in [0.4, 0.5) is 0 Å². The van der Waals surface area contributed by atoms with Gasteiger partial charge in [0, 0.05) is 24.6 Å². The van der Waals surface area contributed by atoms with Gasteiger partial charge in [0.1, 0.15) is 6.54 Å². The van der Waals surface area contributed by atoms with Crippen molar-refractivity contribution in [1.82, 2.24) is 0 Å². The Morgan fingerprint density at radius 2 is 2.07 bits per heavy atom. The van der Waals surface area contributed by atoms with E-state index in [0.717, 1.165) is 6.54 Å². The summed E-state index contributed by atoms with van der Waals surface area (Å²) in [5.41, 5.74) is 1.21. The Hall–Kier alpha value is -0.630. The summed E-state index contributed by atoms with van der Waals surface area (Å²) in [5, 5.41) is 0. The molecule has 0 amide bonds. The molecule has 0 saturated heterocycles. The smallest absolute Gasteiger partial charge is 0.204 e. The van der Waals surface area contributed by atoms with Gasteiger partial charge in [-0.25, -0.2) is 0 Å². The molecule has 0 aliphatic heterocycles. The van der Waals surface area contributed by atoms with Gasteiger partial charge in [0.05, 0.1) is 0 Å². The topological polar surface area (TPSA) is 3.88 Å². The number of pyridine rings is 1. The predicted octanol–water partition coefficient (Wildman–Crippen LogP) is 0.201. The van der Waals surface area contributed by atoms with Gasteiger partial charge in [-0.1, -0.05) is 26.3 Å². The Labute approximate surface area is 104 Å². The van der Waals surface area contributed by atoms with Crippen LogP contribution >= 0.6 is 0 Å². The number of nitrogens with zero attached hydrogens (tertiary/aromatic N) is 1. The fourth-order valence-electron chi connectivity index (χ4n) is 1.59. The maximum Gasteiger partial charge on any atom is 0.204 e. The summed E-state index contributed by atoms with van der Waals surface area (Å²) in [4.78, 5) is 0. The molecule has 0 atom stereocenters. The van der Waals surface area contributed by atoms with Gasteiger partial charge in [0.25, 0.3) is 0 Å². The highest BCUT2D eigenvalue weighted by molar-refractivity contribution is 5.36. The van der Waals surface area contributed by atoms with Crippen LogP contribution in [0.1, 0.15) is 38.3 Å². The van der Waals surface area contributed by atoms with Crippen LogP contribution in [0.2, 0.25) is 0 Å². The quantitative estimate of drug-likeness (QED) is 0.513. The van der Waals surface area contributed by atoms with E-state index in [1.165, 1.54) is 31.4 Å². The van der Waals surface area contributed by atoms with Crippen molar-refractivity contribution in [2.45, 2.75) is 39.2 Å². The molecule has 0 saturated carbocycles. The van der Waals surface area contributed by atoms with Crippen molar-refractivity contribution in [3.63, 3.8) is 0 Å². The fraction of sp³-hybridized carbons (Fsp3) is 0.462. The van der Waals surface area contributed by atoms with Gasteiger partial charge in [-0.2, -0.15) is 4.57 Å². The number of aromatic nitrogens is 1. The molecule has 84 valence electrons. The average Bonchev–Trinajstić information content (AvgIpc) is 2.25. The van der Waals surface area contributed by atoms with E-state index in [0.29, 0.717) is 0 Å². The van der Waals surface area contributed by atoms with E-state index in [-0.39, 0.29) is 17.0 Å². The highest BCUT2D eigenvalue weighted by Gasteiger charge is 2.04. The molecule has 1 rings (SSSR count). The van der Waals surface area contributed by atoms with E-state index < -0.39 is 0 Å². The van der Waals surface area contributed by atoms with Crippen molar-refractivity contribution < 1.29 is 21.5 Å². The van der Waals surface area contributed by atoms with Gasteiger partial charge in [-0.05, 0) is 12.5 Å². The van der Waals surface area contributed by atoms with Gasteiger partial charge >= 0.3 is 0 Å². The second-order valence-electron chi connectivity index (χ2n) is 3.58. The number of unbranched alkanes of at least 4 members (excludes halogenated alkanes) is 3. The summed E-state index contributed by atoms with van der Waals surface area (Å²) in [5.74, 6) is 0. The van der Waals surface area contributed by atoms with Crippen LogP contribution in [-0.2, 0) is 6.54 Å². The third-order valence-corrected chi connectivity index (χ3v) is 2.44. The lowest BCUT2D eigenvalue weighted by atomic mass is 10.2. The molecule has 0 N–H and O–H groups in total. The van der Waals surface area contributed by atoms with Crippen molar-refractivity contribution in [2.75, 3.05) is 0 Å². The van der Waals surface area contributed by atoms with Crippen LogP contribution in [0.15, 0.2) is 31.0 Å². The molecule has 0 aliphatic carbocycles. The molecule has 1 nitrogen and oxygen atoms in total. The third-order valence-electron chi connectivity index (χ3n) is 2.44. The number of hydrogen-bond donors (Lipinski definition) is 0. The van der Waals surface area contributed by atoms with Crippen LogP contribution in [0.3, 0.4) is 0 Å². The molecule has 0 bridgehead atoms. The van der Waals surface area contributed by atoms with E-state index >= 15 is 0 Å². The molecule has 1 aromatic heterocycles. The Bertz CT molecular complexity index is 284. The Kier molecular flexibility index (Phi) is 8.30. The number of halogens is 1. The number of rotatable bonds is 6. The first-order chi connectivity index (χ1) is 6.88. The van der Waals surface area contributed by atoms with E-state index in [9.17, 15) is 0 Å². The van der Waals surface area contributed by atoms with Crippen LogP contribution in [0, 0.1) is 0 Å². The largest absolute Gasteiger partial charge is 1.00 e. The molecule has 15 heavy (non-hydrogen) atoms. The number of aryl methyl sites for hydroxylation is 1. The number of hydrogen-bond acceptors (Lipinski definition) is 0. The van der Waals surface area contributed by atoms with Crippen molar-refractivity contribution >= 4 is 6.08 Å². The van der Waals surface area contributed by atoms with Crippen molar-refractivity contribution in [3.8, 4) is 0 Å². The summed E-state index contributed by atoms with van der Waals surface area (Å²) in [6, 6.07) is 6.24. The summed E-state index contributed by atoms with van der Waals surface area (Å²) < 4.78 is 2.27. The molecular weight excluding hydrogens is 250 g/mol. The van der Waals surface area contributed by atoms with Crippen LogP contribution in [0.25, 0.3) is 6.08 Å². The van der Waals surface area contributed by atoms with Crippen molar-refractivity contribution in [3.05, 3.63) is 36.7 Å². The Morgan fingerprint density at radius 3 is 2.73 bits per heavy atom. The lowest BCUT2D eigenvalue weighted by Gasteiger charge is -1.99. The van der Waals surface area contributed by atoms with Crippen LogP contribution in [-0.4, -0.2) is 0 Å². The van der Waals surface area contributed by atoms with Crippen molar-refractivity contribution in [2.24, 2.45) is 0 Å². The van der Waals surface area contributed by atoms with Crippen LogP contribution in [0.5, 0.6) is 0 Å². The SMILES string of the molecule is C=Cc1cccc[n+]1CCCCCC.[Br-]. The van der Waals surface area contributed by atoms with E-state index in [4.69, 9.17) is 0 Å². The maximum atomic E-state index is 3.82. The molecule has 0 aromatic carbocycles. The second-order valence-corrected chi connectivity index (χ2v) is 3.58. The Morgan fingerprint density at radius 1 is 1.27 bits per heavy atom. The van der Waals surface area contributed by atoms with E-state index in [1.54, 1.807) is 0 Å². The molecule has 1 aromatic rings. The molecule has 0 fully saturated rings. The zero-order chi connectivity index (χ0) is 10.2. The summed E-state index contributed by atoms with van der Waals surface area (Å²) >= 11 is 0. The van der Waals surface area contributed by atoms with Gasteiger partial charge in [-0.3, -0.25) is 0 Å². The minimum Gasteiger partial charge on any atom is -1.00 e. The van der Waals surface area contributed by atoms with Gasteiger partial charge in [0.2, 0.25) is 5.69 Å². The summed E-state index contributed by atoms with van der Waals surface area (Å²) in [6.45, 7) is 7.17. The normalized spacial score (nSPS) is 9.40. The van der Waals surface area contributed by atoms with Gasteiger partial charge in [0.15, 0.2) is 6.20 Å². The lowest BCUT2D eigenvalue weighted by Crippen LogP contribution is -3.00. The van der Waals surface area contributed by atoms with Crippen molar-refractivity contribution in [1.29, 1.82) is 0 Å². The van der Waals surface area contributed by atoms with E-state index in [2.05, 4.69) is 42.5 Å². The molecule has 1 heterocycles. The third kappa shape index (κ3) is 5.12. The second kappa shape index (κ2) is 8.66. The highest BCUT2D eigenvalue weighted by atomic mass is 79.9. The fourth-order valence-corrected chi connectivity index (χ4v) is 1.59. The Balaban J connectivity index is 0.00000196. The molecule has 0 unspecified atom stereocenters. The minimum atomic E-state index is 0. The van der Waals surface area contributed by atoms with Crippen LogP contribution < -0.4 is 21.5 Å². The first-order valence-electron chi connectivity index (χ1n) is 5.49. The first-order valence-corrected chi connectivity index (χ1v) is 5.49. The highest BCUT2D eigenvalue weighted by Crippen LogP contribution is 2.00. The summed E-state index contributed by atoms with van der Waals surface area (Å²) in [6.07, 6.45) is 9.28. The molecule has 2 heteroatoms. The first kappa shape index (κ1) is 14.4. The van der Waals surface area contributed by atoms with Gasteiger partial charge in [-0.15, -0.1) is 0 Å². The monoisotopic (exact) mass is 269 g/mol. The standard InChI is InChI=1S/C13H20N.BrH/c1-3-5-6-8-11-14-12-9-7-10-13(14)4-2;/h4,7,9-10,12H,2-3,5-6,8,11H2,1H3;1H/q+1;/p-1. The maximum absolute atomic E-state index is 3.82. The zero-order valence-corrected chi connectivity index (χ0v) is 11.0. The molecule has 0 spiro atoms. The lowest BCUT2D eigenvalue weighted by molar-refractivity contribution is -0.699. The summed E-state index contributed by atoms with van der Waals surface area (Å²) in [7, 11) is 0. The molecule has 0 aliphatic rings. The zero-order valence-electron chi connectivity index (χ0n) is 9.45. The average molecular weight is 270 g/mol. The van der Waals surface area contributed by atoms with E-state index in [1.807, 2.05) is 6.08 Å². The molecule has 0 radical (unpaired) electrons. The minimum absolute atomic E-state index is 0. The van der Waals surface area contributed by atoms with Gasteiger partial charge < -0.3 is 17.0 Å².